The lowest BCUT2D eigenvalue weighted by Gasteiger charge is -2.10. The molecule has 16 heavy (non-hydrogen) atoms. The zero-order chi connectivity index (χ0) is 12.1. The van der Waals surface area contributed by atoms with Crippen LogP contribution in [0.15, 0.2) is 18.2 Å². The molecule has 0 saturated carbocycles. The smallest absolute Gasteiger partial charge is 0.335 e. The van der Waals surface area contributed by atoms with E-state index >= 15 is 0 Å². The highest BCUT2D eigenvalue weighted by Gasteiger charge is 2.08. The molecule has 1 unspecified atom stereocenters. The van der Waals surface area contributed by atoms with E-state index in [4.69, 9.17) is 19.7 Å². The Morgan fingerprint density at radius 3 is 2.50 bits per heavy atom. The number of aliphatic hydroxyl groups is 1. The maximum atomic E-state index is 10.8. The first-order chi connectivity index (χ1) is 7.52. The molecule has 0 radical (unpaired) electrons. The van der Waals surface area contributed by atoms with Gasteiger partial charge in [0.25, 0.3) is 0 Å². The van der Waals surface area contributed by atoms with Crippen LogP contribution in [0.2, 0.25) is 0 Å². The summed E-state index contributed by atoms with van der Waals surface area (Å²) in [6.45, 7) is 1.69. The topological polar surface area (TPSA) is 76.0 Å². The molecule has 5 heteroatoms. The van der Waals surface area contributed by atoms with Gasteiger partial charge >= 0.3 is 5.97 Å². The third-order valence-electron chi connectivity index (χ3n) is 1.85. The number of hydrogen-bond acceptors (Lipinski definition) is 4. The van der Waals surface area contributed by atoms with Crippen LogP contribution in [-0.2, 0) is 0 Å². The van der Waals surface area contributed by atoms with Gasteiger partial charge in [0.15, 0.2) is 0 Å². The fourth-order valence-electron chi connectivity index (χ4n) is 1.11. The lowest BCUT2D eigenvalue weighted by molar-refractivity contribution is 0.0695. The molecular weight excluding hydrogens is 212 g/mol. The van der Waals surface area contributed by atoms with E-state index in [-0.39, 0.29) is 12.2 Å². The van der Waals surface area contributed by atoms with Crippen molar-refractivity contribution in [3.8, 4) is 11.5 Å². The molecule has 1 atom stereocenters. The molecule has 0 heterocycles. The molecule has 0 aliphatic carbocycles. The molecule has 88 valence electrons. The highest BCUT2D eigenvalue weighted by Crippen LogP contribution is 2.22. The van der Waals surface area contributed by atoms with Crippen LogP contribution in [0.1, 0.15) is 17.3 Å². The number of carbonyl (C=O) groups is 1. The van der Waals surface area contributed by atoms with Crippen molar-refractivity contribution in [2.24, 2.45) is 0 Å². The Balaban J connectivity index is 2.90. The van der Waals surface area contributed by atoms with E-state index in [2.05, 4.69) is 0 Å². The minimum atomic E-state index is -1.05. The fourth-order valence-corrected chi connectivity index (χ4v) is 1.11. The first-order valence-electron chi connectivity index (χ1n) is 4.76. The van der Waals surface area contributed by atoms with E-state index in [1.807, 2.05) is 0 Å². The summed E-state index contributed by atoms with van der Waals surface area (Å²) in [6, 6.07) is 4.35. The van der Waals surface area contributed by atoms with Crippen molar-refractivity contribution < 1.29 is 24.5 Å². The van der Waals surface area contributed by atoms with Gasteiger partial charge < -0.3 is 19.7 Å². The van der Waals surface area contributed by atoms with Crippen molar-refractivity contribution in [3.05, 3.63) is 23.8 Å². The zero-order valence-electron chi connectivity index (χ0n) is 9.14. The highest BCUT2D eigenvalue weighted by atomic mass is 16.5. The Kier molecular flexibility index (Phi) is 4.13. The predicted octanol–water partition coefficient (Wildman–Crippen LogP) is 1.15. The van der Waals surface area contributed by atoms with Crippen molar-refractivity contribution in [1.82, 2.24) is 0 Å². The Hall–Kier alpha value is -1.75. The predicted molar refractivity (Wildman–Crippen MR) is 57.1 cm³/mol. The number of hydrogen-bond donors (Lipinski definition) is 2. The summed E-state index contributed by atoms with van der Waals surface area (Å²) in [5.41, 5.74) is 0.0833. The first-order valence-corrected chi connectivity index (χ1v) is 4.76. The van der Waals surface area contributed by atoms with E-state index in [1.54, 1.807) is 13.0 Å². The second-order valence-electron chi connectivity index (χ2n) is 3.36. The van der Waals surface area contributed by atoms with E-state index in [0.29, 0.717) is 11.5 Å². The van der Waals surface area contributed by atoms with E-state index < -0.39 is 12.1 Å². The van der Waals surface area contributed by atoms with Crippen LogP contribution in [0.5, 0.6) is 11.5 Å². The summed E-state index contributed by atoms with van der Waals surface area (Å²) in [4.78, 5) is 10.8. The molecule has 0 bridgehead atoms. The number of methoxy groups -OCH3 is 1. The first kappa shape index (κ1) is 12.3. The quantitative estimate of drug-likeness (QED) is 0.787. The van der Waals surface area contributed by atoms with Crippen molar-refractivity contribution >= 4 is 5.97 Å². The maximum Gasteiger partial charge on any atom is 0.335 e. The molecular formula is C11H14O5. The van der Waals surface area contributed by atoms with E-state index in [0.717, 1.165) is 0 Å². The van der Waals surface area contributed by atoms with Gasteiger partial charge in [-0.3, -0.25) is 0 Å². The molecule has 5 nitrogen and oxygen atoms in total. The van der Waals surface area contributed by atoms with Crippen molar-refractivity contribution in [1.29, 1.82) is 0 Å². The summed E-state index contributed by atoms with van der Waals surface area (Å²) in [5, 5.41) is 17.9. The zero-order valence-corrected chi connectivity index (χ0v) is 9.14. The van der Waals surface area contributed by atoms with E-state index in [1.165, 1.54) is 19.2 Å². The average molecular weight is 226 g/mol. The normalized spacial score (nSPS) is 11.9. The number of ether oxygens (including phenoxy) is 2. The molecule has 0 aliphatic heterocycles. The van der Waals surface area contributed by atoms with Crippen LogP contribution in [0, 0.1) is 0 Å². The van der Waals surface area contributed by atoms with Gasteiger partial charge in [0.2, 0.25) is 0 Å². The minimum Gasteiger partial charge on any atom is -0.497 e. The van der Waals surface area contributed by atoms with Gasteiger partial charge in [-0.15, -0.1) is 0 Å². The summed E-state index contributed by atoms with van der Waals surface area (Å²) in [6.07, 6.45) is -0.612. The molecule has 0 aliphatic rings. The average Bonchev–Trinajstić information content (AvgIpc) is 2.25. The Morgan fingerprint density at radius 1 is 1.38 bits per heavy atom. The van der Waals surface area contributed by atoms with Crippen molar-refractivity contribution in [2.45, 2.75) is 13.0 Å². The minimum absolute atomic E-state index is 0.0833. The molecule has 0 aromatic heterocycles. The Labute approximate surface area is 93.2 Å². The lowest BCUT2D eigenvalue weighted by Crippen LogP contribution is -2.13. The maximum absolute atomic E-state index is 10.8. The number of benzene rings is 1. The van der Waals surface area contributed by atoms with Crippen LogP contribution >= 0.6 is 0 Å². The summed E-state index contributed by atoms with van der Waals surface area (Å²) < 4.78 is 10.2. The fraction of sp³-hybridized carbons (Fsp3) is 0.364. The van der Waals surface area contributed by atoms with E-state index in [9.17, 15) is 4.79 Å². The van der Waals surface area contributed by atoms with Gasteiger partial charge in [-0.1, -0.05) is 0 Å². The highest BCUT2D eigenvalue weighted by molar-refractivity contribution is 5.88. The molecule has 2 N–H and O–H groups in total. The van der Waals surface area contributed by atoms with Gasteiger partial charge in [0, 0.05) is 6.07 Å². The molecule has 0 saturated heterocycles. The van der Waals surface area contributed by atoms with Crippen LogP contribution in [0.25, 0.3) is 0 Å². The molecule has 0 amide bonds. The van der Waals surface area contributed by atoms with Gasteiger partial charge in [0.05, 0.1) is 18.8 Å². The Morgan fingerprint density at radius 2 is 2.00 bits per heavy atom. The number of aliphatic hydroxyl groups excluding tert-OH is 1. The summed E-state index contributed by atoms with van der Waals surface area (Å²) >= 11 is 0. The molecule has 1 aromatic carbocycles. The third-order valence-corrected chi connectivity index (χ3v) is 1.85. The monoisotopic (exact) mass is 226 g/mol. The van der Waals surface area contributed by atoms with Crippen LogP contribution < -0.4 is 9.47 Å². The molecule has 0 spiro atoms. The molecule has 0 fully saturated rings. The Bertz CT molecular complexity index is 373. The van der Waals surface area contributed by atoms with Crippen LogP contribution in [0.3, 0.4) is 0 Å². The second-order valence-corrected chi connectivity index (χ2v) is 3.36. The largest absolute Gasteiger partial charge is 0.497 e. The van der Waals surface area contributed by atoms with Crippen LogP contribution in [0.4, 0.5) is 0 Å². The number of rotatable bonds is 5. The van der Waals surface area contributed by atoms with Crippen molar-refractivity contribution in [3.63, 3.8) is 0 Å². The standard InChI is InChI=1S/C11H14O5/c1-7(12)6-16-10-4-8(11(13)14)3-9(5-10)15-2/h3-5,7,12H,6H2,1-2H3,(H,13,14). The van der Waals surface area contributed by atoms with Crippen molar-refractivity contribution in [2.75, 3.05) is 13.7 Å². The van der Waals surface area contributed by atoms with Gasteiger partial charge in [0.1, 0.15) is 18.1 Å². The SMILES string of the molecule is COc1cc(OCC(C)O)cc(C(=O)O)c1. The van der Waals surface area contributed by atoms with Gasteiger partial charge in [-0.2, -0.15) is 0 Å². The molecule has 1 rings (SSSR count). The second kappa shape index (κ2) is 5.37. The van der Waals surface area contributed by atoms with Gasteiger partial charge in [-0.25, -0.2) is 4.79 Å². The van der Waals surface area contributed by atoms with Gasteiger partial charge in [-0.05, 0) is 19.1 Å². The summed E-state index contributed by atoms with van der Waals surface area (Å²) in [5.74, 6) is -0.293. The number of carboxylic acid groups (broad SMARTS) is 1. The molecule has 1 aromatic rings. The third kappa shape index (κ3) is 3.43. The number of aromatic carboxylic acids is 1. The summed E-state index contributed by atoms with van der Waals surface area (Å²) in [7, 11) is 1.44. The van der Waals surface area contributed by atoms with Crippen LogP contribution in [-0.4, -0.2) is 36.0 Å². The lowest BCUT2D eigenvalue weighted by atomic mass is 10.2. The number of carboxylic acids is 1.